The van der Waals surface area contributed by atoms with Gasteiger partial charge in [0.05, 0.1) is 5.71 Å². The van der Waals surface area contributed by atoms with E-state index in [0.29, 0.717) is 22.8 Å². The van der Waals surface area contributed by atoms with Gasteiger partial charge >= 0.3 is 0 Å². The number of Topliss-reactive ketones (excluding diaryl/α,β-unsaturated/α-hetero) is 1. The third kappa shape index (κ3) is 1.70. The van der Waals surface area contributed by atoms with E-state index in [4.69, 9.17) is 9.47 Å². The maximum absolute atomic E-state index is 11.7. The number of aliphatic imine (C=N–C) groups is 1. The van der Waals surface area contributed by atoms with Gasteiger partial charge in [-0.15, -0.1) is 0 Å². The molecular weight excluding hydrogens is 194 g/mol. The van der Waals surface area contributed by atoms with Crippen molar-refractivity contribution in [1.82, 2.24) is 0 Å². The fraction of sp³-hybridized carbons (Fsp3) is 0.273. The Morgan fingerprint density at radius 2 is 2.07 bits per heavy atom. The predicted octanol–water partition coefficient (Wildman–Crippen LogP) is 1.69. The monoisotopic (exact) mass is 205 g/mol. The molecule has 15 heavy (non-hydrogen) atoms. The first kappa shape index (κ1) is 9.71. The molecule has 0 bridgehead atoms. The average Bonchev–Trinajstić information content (AvgIpc) is 2.73. The third-order valence-corrected chi connectivity index (χ3v) is 2.30. The van der Waals surface area contributed by atoms with Crippen molar-refractivity contribution in [3.63, 3.8) is 0 Å². The van der Waals surface area contributed by atoms with Crippen molar-refractivity contribution in [3.8, 4) is 11.5 Å². The van der Waals surface area contributed by atoms with E-state index in [-0.39, 0.29) is 12.6 Å². The Kier molecular flexibility index (Phi) is 2.41. The van der Waals surface area contributed by atoms with Crippen LogP contribution in [0.4, 0.5) is 0 Å². The van der Waals surface area contributed by atoms with E-state index in [0.717, 1.165) is 0 Å². The van der Waals surface area contributed by atoms with Gasteiger partial charge in [0.15, 0.2) is 11.5 Å². The lowest BCUT2D eigenvalue weighted by Gasteiger charge is -2.01. The Labute approximate surface area is 87.5 Å². The largest absolute Gasteiger partial charge is 0.454 e. The molecule has 4 nitrogen and oxygen atoms in total. The maximum atomic E-state index is 11.7. The second-order valence-corrected chi connectivity index (χ2v) is 3.21. The second kappa shape index (κ2) is 3.73. The molecular formula is C11H11NO3. The number of carbonyl (C=O) groups is 1. The Morgan fingerprint density at radius 1 is 1.33 bits per heavy atom. The number of nitrogens with zero attached hydrogens (tertiary/aromatic N) is 1. The maximum Gasteiger partial charge on any atom is 0.231 e. The molecule has 0 aromatic heterocycles. The number of hydrogen-bond donors (Lipinski definition) is 0. The highest BCUT2D eigenvalue weighted by molar-refractivity contribution is 6.45. The lowest BCUT2D eigenvalue weighted by atomic mass is 10.1. The highest BCUT2D eigenvalue weighted by Crippen LogP contribution is 2.32. The molecule has 0 saturated heterocycles. The predicted molar refractivity (Wildman–Crippen MR) is 55.9 cm³/mol. The number of hydrogen-bond acceptors (Lipinski definition) is 4. The number of ketones is 1. The van der Waals surface area contributed by atoms with Gasteiger partial charge in [-0.2, -0.15) is 0 Å². The smallest absolute Gasteiger partial charge is 0.231 e. The Hall–Kier alpha value is -1.84. The van der Waals surface area contributed by atoms with Crippen LogP contribution >= 0.6 is 0 Å². The summed E-state index contributed by atoms with van der Waals surface area (Å²) in [4.78, 5) is 15.6. The number of benzene rings is 1. The van der Waals surface area contributed by atoms with Crippen molar-refractivity contribution < 1.29 is 14.3 Å². The van der Waals surface area contributed by atoms with E-state index in [9.17, 15) is 4.79 Å². The molecule has 0 saturated carbocycles. The van der Waals surface area contributed by atoms with E-state index >= 15 is 0 Å². The fourth-order valence-corrected chi connectivity index (χ4v) is 1.35. The van der Waals surface area contributed by atoms with Gasteiger partial charge in [-0.05, 0) is 25.1 Å². The minimum Gasteiger partial charge on any atom is -0.454 e. The zero-order valence-electron chi connectivity index (χ0n) is 8.61. The van der Waals surface area contributed by atoms with E-state index in [1.807, 2.05) is 0 Å². The first-order chi connectivity index (χ1) is 7.22. The summed E-state index contributed by atoms with van der Waals surface area (Å²) >= 11 is 0. The molecule has 1 aliphatic heterocycles. The molecule has 0 unspecified atom stereocenters. The van der Waals surface area contributed by atoms with Crippen LogP contribution in [0, 0.1) is 0 Å². The molecule has 4 heteroatoms. The molecule has 0 N–H and O–H groups in total. The summed E-state index contributed by atoms with van der Waals surface area (Å²) in [6.45, 7) is 1.90. The minimum atomic E-state index is -0.0872. The minimum absolute atomic E-state index is 0.0872. The number of ether oxygens (including phenoxy) is 2. The van der Waals surface area contributed by atoms with Crippen LogP contribution in [-0.4, -0.2) is 25.3 Å². The van der Waals surface area contributed by atoms with Crippen LogP contribution in [0.3, 0.4) is 0 Å². The summed E-state index contributed by atoms with van der Waals surface area (Å²) in [5.41, 5.74) is 1.05. The molecule has 0 aliphatic carbocycles. The number of rotatable bonds is 2. The van der Waals surface area contributed by atoms with Gasteiger partial charge in [0, 0.05) is 12.6 Å². The molecule has 1 heterocycles. The quantitative estimate of drug-likeness (QED) is 0.545. The second-order valence-electron chi connectivity index (χ2n) is 3.21. The van der Waals surface area contributed by atoms with Crippen molar-refractivity contribution in [2.75, 3.05) is 13.8 Å². The first-order valence-corrected chi connectivity index (χ1v) is 4.60. The van der Waals surface area contributed by atoms with E-state index in [2.05, 4.69) is 4.99 Å². The summed E-state index contributed by atoms with van der Waals surface area (Å²) in [5.74, 6) is 1.21. The van der Waals surface area contributed by atoms with Crippen LogP contribution in [0.1, 0.15) is 17.3 Å². The zero-order valence-corrected chi connectivity index (χ0v) is 8.61. The first-order valence-electron chi connectivity index (χ1n) is 4.60. The molecule has 1 aromatic carbocycles. The molecule has 1 aromatic rings. The summed E-state index contributed by atoms with van der Waals surface area (Å²) in [6.07, 6.45) is 0. The molecule has 2 rings (SSSR count). The van der Waals surface area contributed by atoms with Gasteiger partial charge in [-0.1, -0.05) is 0 Å². The third-order valence-electron chi connectivity index (χ3n) is 2.30. The average molecular weight is 205 g/mol. The fourth-order valence-electron chi connectivity index (χ4n) is 1.35. The van der Waals surface area contributed by atoms with Gasteiger partial charge in [-0.3, -0.25) is 9.79 Å². The standard InChI is InChI=1S/C11H11NO3/c1-7(12-2)11(13)8-3-4-9-10(5-8)15-6-14-9/h3-5H,6H2,1-2H3. The van der Waals surface area contributed by atoms with Crippen LogP contribution in [0.5, 0.6) is 11.5 Å². The lowest BCUT2D eigenvalue weighted by Crippen LogP contribution is -2.10. The van der Waals surface area contributed by atoms with Crippen LogP contribution in [0.15, 0.2) is 23.2 Å². The van der Waals surface area contributed by atoms with Crippen molar-refractivity contribution in [1.29, 1.82) is 0 Å². The topological polar surface area (TPSA) is 47.9 Å². The lowest BCUT2D eigenvalue weighted by molar-refractivity contribution is 0.106. The van der Waals surface area contributed by atoms with Crippen LogP contribution in [0.2, 0.25) is 0 Å². The Morgan fingerprint density at radius 3 is 2.80 bits per heavy atom. The van der Waals surface area contributed by atoms with Crippen molar-refractivity contribution >= 4 is 11.5 Å². The van der Waals surface area contributed by atoms with Crippen molar-refractivity contribution in [2.24, 2.45) is 4.99 Å². The summed E-state index contributed by atoms with van der Waals surface area (Å²) < 4.78 is 10.3. The molecule has 0 spiro atoms. The van der Waals surface area contributed by atoms with Gasteiger partial charge < -0.3 is 9.47 Å². The summed E-state index contributed by atoms with van der Waals surface area (Å²) in [7, 11) is 1.60. The van der Waals surface area contributed by atoms with Crippen LogP contribution in [-0.2, 0) is 0 Å². The SMILES string of the molecule is CN=C(C)C(=O)c1ccc2c(c1)OCO2. The normalized spacial score (nSPS) is 14.1. The molecule has 1 aliphatic rings. The molecule has 78 valence electrons. The van der Waals surface area contributed by atoms with E-state index < -0.39 is 0 Å². The number of fused-ring (bicyclic) bond motifs is 1. The Bertz CT molecular complexity index is 437. The van der Waals surface area contributed by atoms with Crippen LogP contribution in [0.25, 0.3) is 0 Å². The summed E-state index contributed by atoms with van der Waals surface area (Å²) in [5, 5.41) is 0. The highest BCUT2D eigenvalue weighted by atomic mass is 16.7. The van der Waals surface area contributed by atoms with Crippen molar-refractivity contribution in [3.05, 3.63) is 23.8 Å². The Balaban J connectivity index is 2.35. The zero-order chi connectivity index (χ0) is 10.8. The number of carbonyl (C=O) groups excluding carboxylic acids is 1. The van der Waals surface area contributed by atoms with Crippen molar-refractivity contribution in [2.45, 2.75) is 6.92 Å². The molecule has 0 amide bonds. The van der Waals surface area contributed by atoms with E-state index in [1.54, 1.807) is 32.2 Å². The van der Waals surface area contributed by atoms with Gasteiger partial charge in [0.1, 0.15) is 0 Å². The summed E-state index contributed by atoms with van der Waals surface area (Å²) in [6, 6.07) is 5.13. The molecule has 0 atom stereocenters. The highest BCUT2D eigenvalue weighted by Gasteiger charge is 2.17. The van der Waals surface area contributed by atoms with E-state index in [1.165, 1.54) is 0 Å². The van der Waals surface area contributed by atoms with Crippen LogP contribution < -0.4 is 9.47 Å². The van der Waals surface area contributed by atoms with Gasteiger partial charge in [0.25, 0.3) is 0 Å². The molecule has 0 radical (unpaired) electrons. The molecule has 0 fully saturated rings. The van der Waals surface area contributed by atoms with Gasteiger partial charge in [0.2, 0.25) is 12.6 Å². The van der Waals surface area contributed by atoms with Gasteiger partial charge in [-0.25, -0.2) is 0 Å².